The van der Waals surface area contributed by atoms with Crippen LogP contribution in [0.3, 0.4) is 0 Å². The van der Waals surface area contributed by atoms with Crippen molar-refractivity contribution in [1.29, 1.82) is 0 Å². The van der Waals surface area contributed by atoms with E-state index in [0.717, 1.165) is 0 Å². The third kappa shape index (κ3) is 4.44. The van der Waals surface area contributed by atoms with Crippen molar-refractivity contribution in [2.75, 3.05) is 0 Å². The molecule has 0 rings (SSSR count). The zero-order chi connectivity index (χ0) is 15.0. The monoisotopic (exact) mass is 301 g/mol. The second-order valence-corrected chi connectivity index (χ2v) is 2.46. The molecule has 0 aliphatic rings. The van der Waals surface area contributed by atoms with Crippen molar-refractivity contribution in [3.63, 3.8) is 0 Å². The minimum Gasteiger partial charge on any atom is -0.224 e. The second kappa shape index (κ2) is 4.68. The Bertz CT molecular complexity index is 282. The molecule has 13 heteroatoms. The Morgan fingerprint density at radius 1 is 0.667 bits per heavy atom. The molecule has 0 bridgehead atoms. The first kappa shape index (κ1) is 17.2. The van der Waals surface area contributed by atoms with E-state index < -0.39 is 31.1 Å². The van der Waals surface area contributed by atoms with Gasteiger partial charge in [-0.05, 0) is 0 Å². The number of alkyl halides is 9. The van der Waals surface area contributed by atoms with Crippen LogP contribution in [0.25, 0.3) is 0 Å². The Morgan fingerprint density at radius 3 is 1.33 bits per heavy atom. The van der Waals surface area contributed by atoms with Gasteiger partial charge < -0.3 is 0 Å². The molecule has 1 radical (unpaired) electrons. The van der Waals surface area contributed by atoms with Crippen LogP contribution >= 0.6 is 0 Å². The highest BCUT2D eigenvalue weighted by atomic mass is 19.4. The molecule has 0 heterocycles. The maximum absolute atomic E-state index is 12.1. The Balaban J connectivity index is 4.88. The van der Waals surface area contributed by atoms with Crippen LogP contribution in [0.5, 0.6) is 0 Å². The highest BCUT2D eigenvalue weighted by molar-refractivity contribution is 4.74. The SMILES string of the molecule is F[C](F)C(F)(F)OC(F)(F)OC(F)(F)C(F)(F)F. The molecule has 0 fully saturated rings. The first-order chi connectivity index (χ1) is 7.61. The van der Waals surface area contributed by atoms with E-state index in [2.05, 4.69) is 0 Å². The predicted octanol–water partition coefficient (Wildman–Crippen LogP) is 3.75. The summed E-state index contributed by atoms with van der Waals surface area (Å²) in [7, 11) is 0. The van der Waals surface area contributed by atoms with Crippen LogP contribution in [-0.2, 0) is 9.47 Å². The molecular formula is C5F11O2. The van der Waals surface area contributed by atoms with Gasteiger partial charge >= 0.3 is 31.1 Å². The molecule has 0 N–H and O–H groups in total. The van der Waals surface area contributed by atoms with Gasteiger partial charge in [-0.15, -0.1) is 8.78 Å². The van der Waals surface area contributed by atoms with Gasteiger partial charge in [0.1, 0.15) is 0 Å². The van der Waals surface area contributed by atoms with Crippen molar-refractivity contribution in [2.45, 2.75) is 24.7 Å². The third-order valence-electron chi connectivity index (χ3n) is 1.04. The molecule has 0 aliphatic carbocycles. The van der Waals surface area contributed by atoms with E-state index in [9.17, 15) is 48.3 Å². The molecule has 0 unspecified atom stereocenters. The molecule has 0 aliphatic heterocycles. The van der Waals surface area contributed by atoms with Crippen LogP contribution < -0.4 is 0 Å². The lowest BCUT2D eigenvalue weighted by Crippen LogP contribution is -2.48. The molecule has 0 aromatic carbocycles. The van der Waals surface area contributed by atoms with Crippen molar-refractivity contribution in [3.8, 4) is 0 Å². The number of hydrogen-bond donors (Lipinski definition) is 0. The van der Waals surface area contributed by atoms with E-state index in [-0.39, 0.29) is 0 Å². The summed E-state index contributed by atoms with van der Waals surface area (Å²) in [5, 5.41) is 0. The van der Waals surface area contributed by atoms with E-state index in [0.29, 0.717) is 0 Å². The topological polar surface area (TPSA) is 18.5 Å². The van der Waals surface area contributed by atoms with Crippen LogP contribution in [0.4, 0.5) is 48.3 Å². The van der Waals surface area contributed by atoms with Crippen LogP contribution in [0.1, 0.15) is 0 Å². The molecule has 0 amide bonds. The fourth-order valence-corrected chi connectivity index (χ4v) is 0.416. The highest BCUT2D eigenvalue weighted by Crippen LogP contribution is 2.43. The Kier molecular flexibility index (Phi) is 4.46. The third-order valence-corrected chi connectivity index (χ3v) is 1.04. The Hall–Kier alpha value is -0.850. The van der Waals surface area contributed by atoms with Crippen molar-refractivity contribution in [2.24, 2.45) is 0 Å². The molecule has 0 aromatic rings. The fraction of sp³-hybridized carbons (Fsp3) is 0.800. The van der Waals surface area contributed by atoms with E-state index >= 15 is 0 Å². The number of halogens is 11. The van der Waals surface area contributed by atoms with Crippen LogP contribution in [0, 0.1) is 6.43 Å². The van der Waals surface area contributed by atoms with Crippen molar-refractivity contribution >= 4 is 0 Å². The van der Waals surface area contributed by atoms with Gasteiger partial charge in [-0.25, -0.2) is 9.47 Å². The Labute approximate surface area is 90.2 Å². The van der Waals surface area contributed by atoms with E-state index in [4.69, 9.17) is 0 Å². The second-order valence-electron chi connectivity index (χ2n) is 2.46. The standard InChI is InChI=1S/C5F11O2/c6-1(7)2(8,9)17-5(15,16)18-4(13,14)3(10,11)12. The van der Waals surface area contributed by atoms with Gasteiger partial charge in [-0.3, -0.25) is 0 Å². The van der Waals surface area contributed by atoms with Gasteiger partial charge in [-0.1, -0.05) is 0 Å². The van der Waals surface area contributed by atoms with Crippen LogP contribution in [0.2, 0.25) is 0 Å². The summed E-state index contributed by atoms with van der Waals surface area (Å²) < 4.78 is 131. The zero-order valence-corrected chi connectivity index (χ0v) is 7.47. The zero-order valence-electron chi connectivity index (χ0n) is 7.47. The summed E-state index contributed by atoms with van der Waals surface area (Å²) in [6.07, 6.45) is -29.7. The lowest BCUT2D eigenvalue weighted by Gasteiger charge is -2.26. The average Bonchev–Trinajstić information content (AvgIpc) is 1.95. The molecule has 0 aromatic heterocycles. The largest absolute Gasteiger partial charge is 0.495 e. The lowest BCUT2D eigenvalue weighted by molar-refractivity contribution is -0.544. The molecular weight excluding hydrogens is 301 g/mol. The molecule has 0 saturated carbocycles. The first-order valence-corrected chi connectivity index (χ1v) is 3.40. The first-order valence-electron chi connectivity index (χ1n) is 3.40. The van der Waals surface area contributed by atoms with Crippen LogP contribution in [-0.4, -0.2) is 24.7 Å². The van der Waals surface area contributed by atoms with Gasteiger partial charge in [0, 0.05) is 0 Å². The van der Waals surface area contributed by atoms with Gasteiger partial charge in [0.25, 0.3) is 0 Å². The minimum absolute atomic E-state index is 1.64. The van der Waals surface area contributed by atoms with Gasteiger partial charge in [0.2, 0.25) is 0 Å². The minimum atomic E-state index is -6.69. The van der Waals surface area contributed by atoms with E-state index in [1.807, 2.05) is 0 Å². The molecule has 0 spiro atoms. The maximum atomic E-state index is 12.1. The molecule has 0 atom stereocenters. The summed E-state index contributed by atoms with van der Waals surface area (Å²) in [4.78, 5) is 0. The molecule has 2 nitrogen and oxygen atoms in total. The van der Waals surface area contributed by atoms with E-state index in [1.165, 1.54) is 0 Å². The summed E-state index contributed by atoms with van der Waals surface area (Å²) >= 11 is 0. The number of ether oxygens (including phenoxy) is 2. The smallest absolute Gasteiger partial charge is 0.224 e. The molecule has 109 valence electrons. The quantitative estimate of drug-likeness (QED) is 0.569. The number of rotatable bonds is 5. The van der Waals surface area contributed by atoms with Crippen molar-refractivity contribution < 1.29 is 57.8 Å². The fourth-order valence-electron chi connectivity index (χ4n) is 0.416. The summed E-state index contributed by atoms with van der Waals surface area (Å²) in [5.41, 5.74) is 0. The Morgan fingerprint density at radius 2 is 1.06 bits per heavy atom. The molecule has 0 saturated heterocycles. The summed E-state index contributed by atoms with van der Waals surface area (Å²) in [6, 6.07) is 0. The average molecular weight is 301 g/mol. The van der Waals surface area contributed by atoms with Gasteiger partial charge in [-0.2, -0.15) is 39.5 Å². The highest BCUT2D eigenvalue weighted by Gasteiger charge is 2.66. The van der Waals surface area contributed by atoms with E-state index in [1.54, 1.807) is 9.47 Å². The normalized spacial score (nSPS) is 15.3. The van der Waals surface area contributed by atoms with Crippen molar-refractivity contribution in [3.05, 3.63) is 6.43 Å². The lowest BCUT2D eigenvalue weighted by atomic mass is 10.6. The van der Waals surface area contributed by atoms with Crippen LogP contribution in [0.15, 0.2) is 0 Å². The number of hydrogen-bond acceptors (Lipinski definition) is 2. The van der Waals surface area contributed by atoms with Gasteiger partial charge in [0.05, 0.1) is 0 Å². The maximum Gasteiger partial charge on any atom is 0.495 e. The molecule has 18 heavy (non-hydrogen) atoms. The summed E-state index contributed by atoms with van der Waals surface area (Å²) in [5.74, 6) is 0. The predicted molar refractivity (Wildman–Crippen MR) is 28.5 cm³/mol. The van der Waals surface area contributed by atoms with Gasteiger partial charge in [0.15, 0.2) is 0 Å². The van der Waals surface area contributed by atoms with Crippen molar-refractivity contribution in [1.82, 2.24) is 0 Å². The summed E-state index contributed by atoms with van der Waals surface area (Å²) in [6.45, 7) is 0.